The molecule has 0 amide bonds. The number of nitrogens with one attached hydrogen (secondary N) is 1. The van der Waals surface area contributed by atoms with E-state index in [9.17, 15) is 0 Å². The van der Waals surface area contributed by atoms with Crippen molar-refractivity contribution in [3.8, 4) is 5.75 Å². The van der Waals surface area contributed by atoms with E-state index in [4.69, 9.17) is 10.5 Å². The van der Waals surface area contributed by atoms with E-state index in [0.717, 1.165) is 24.0 Å². The Hall–Kier alpha value is -1.42. The van der Waals surface area contributed by atoms with E-state index >= 15 is 0 Å². The van der Waals surface area contributed by atoms with Crippen LogP contribution in [0.25, 0.3) is 0 Å². The molecule has 0 bridgehead atoms. The fourth-order valence-corrected chi connectivity index (χ4v) is 2.71. The van der Waals surface area contributed by atoms with Gasteiger partial charge in [0.05, 0.1) is 12.8 Å². The van der Waals surface area contributed by atoms with Gasteiger partial charge in [0, 0.05) is 36.9 Å². The van der Waals surface area contributed by atoms with Crippen LogP contribution in [-0.4, -0.2) is 37.2 Å². The molecule has 1 aromatic carbocycles. The number of nitrogens with two attached hydrogens (primary N) is 1. The van der Waals surface area contributed by atoms with Gasteiger partial charge in [-0.2, -0.15) is 0 Å². The molecule has 1 unspecified atom stereocenters. The number of benzene rings is 1. The van der Waals surface area contributed by atoms with E-state index in [-0.39, 0.29) is 0 Å². The van der Waals surface area contributed by atoms with E-state index < -0.39 is 0 Å². The van der Waals surface area contributed by atoms with Gasteiger partial charge in [-0.05, 0) is 31.4 Å². The Labute approximate surface area is 108 Å². The zero-order chi connectivity index (χ0) is 12.5. The standard InChI is InChI=1S/C14H21N3O/c1-18-14-8-10(2-5-13(14)15)16-11-6-7-17(9-11)12-3-4-12/h2,5,8,11-12,16H,3-4,6-7,9,15H2,1H3. The zero-order valence-electron chi connectivity index (χ0n) is 10.9. The Morgan fingerprint density at radius 1 is 1.33 bits per heavy atom. The Morgan fingerprint density at radius 2 is 2.17 bits per heavy atom. The summed E-state index contributed by atoms with van der Waals surface area (Å²) in [4.78, 5) is 2.60. The van der Waals surface area contributed by atoms with Crippen molar-refractivity contribution in [2.45, 2.75) is 31.3 Å². The molecule has 0 spiro atoms. The summed E-state index contributed by atoms with van der Waals surface area (Å²) in [6, 6.07) is 7.33. The van der Waals surface area contributed by atoms with Gasteiger partial charge in [-0.3, -0.25) is 4.90 Å². The van der Waals surface area contributed by atoms with Gasteiger partial charge in [0.1, 0.15) is 5.75 Å². The molecule has 1 aliphatic heterocycles. The van der Waals surface area contributed by atoms with Crippen LogP contribution in [0.5, 0.6) is 5.75 Å². The first-order valence-electron chi connectivity index (χ1n) is 6.70. The summed E-state index contributed by atoms with van der Waals surface area (Å²) in [7, 11) is 1.65. The molecule has 1 aliphatic carbocycles. The van der Waals surface area contributed by atoms with Crippen LogP contribution >= 0.6 is 0 Å². The van der Waals surface area contributed by atoms with Crippen molar-refractivity contribution < 1.29 is 4.74 Å². The van der Waals surface area contributed by atoms with Gasteiger partial charge in [-0.15, -0.1) is 0 Å². The predicted octanol–water partition coefficient (Wildman–Crippen LogP) is 1.93. The fourth-order valence-electron chi connectivity index (χ4n) is 2.71. The second kappa shape index (κ2) is 4.69. The highest BCUT2D eigenvalue weighted by Crippen LogP contribution is 2.31. The monoisotopic (exact) mass is 247 g/mol. The molecule has 2 aliphatic rings. The molecule has 1 saturated heterocycles. The second-order valence-electron chi connectivity index (χ2n) is 5.31. The van der Waals surface area contributed by atoms with Crippen LogP contribution in [-0.2, 0) is 0 Å². The third kappa shape index (κ3) is 2.38. The predicted molar refractivity (Wildman–Crippen MR) is 74.0 cm³/mol. The highest BCUT2D eigenvalue weighted by molar-refractivity contribution is 5.61. The maximum absolute atomic E-state index is 5.82. The van der Waals surface area contributed by atoms with Crippen LogP contribution in [0.3, 0.4) is 0 Å². The first kappa shape index (κ1) is 11.7. The maximum atomic E-state index is 5.82. The van der Waals surface area contributed by atoms with Crippen molar-refractivity contribution in [1.82, 2.24) is 4.90 Å². The largest absolute Gasteiger partial charge is 0.495 e. The number of nitrogen functional groups attached to an aromatic ring is 1. The molecule has 2 fully saturated rings. The van der Waals surface area contributed by atoms with Crippen molar-refractivity contribution in [1.29, 1.82) is 0 Å². The molecular formula is C14H21N3O. The normalized spacial score (nSPS) is 24.2. The highest BCUT2D eigenvalue weighted by Gasteiger charge is 2.34. The second-order valence-corrected chi connectivity index (χ2v) is 5.31. The summed E-state index contributed by atoms with van der Waals surface area (Å²) >= 11 is 0. The SMILES string of the molecule is COc1cc(NC2CCN(C3CC3)C2)ccc1N. The topological polar surface area (TPSA) is 50.5 Å². The summed E-state index contributed by atoms with van der Waals surface area (Å²) < 4.78 is 5.24. The van der Waals surface area contributed by atoms with Crippen LogP contribution in [0.4, 0.5) is 11.4 Å². The average molecular weight is 247 g/mol. The van der Waals surface area contributed by atoms with Gasteiger partial charge in [-0.1, -0.05) is 0 Å². The van der Waals surface area contributed by atoms with Crippen LogP contribution in [0.15, 0.2) is 18.2 Å². The minimum absolute atomic E-state index is 0.555. The van der Waals surface area contributed by atoms with Gasteiger partial charge in [0.25, 0.3) is 0 Å². The van der Waals surface area contributed by atoms with Crippen LogP contribution in [0.1, 0.15) is 19.3 Å². The van der Waals surface area contributed by atoms with Crippen molar-refractivity contribution in [2.24, 2.45) is 0 Å². The molecule has 0 radical (unpaired) electrons. The molecule has 3 rings (SSSR count). The van der Waals surface area contributed by atoms with Crippen LogP contribution in [0, 0.1) is 0 Å². The van der Waals surface area contributed by atoms with E-state index in [1.165, 1.54) is 25.8 Å². The van der Waals surface area contributed by atoms with Gasteiger partial charge in [0.2, 0.25) is 0 Å². The summed E-state index contributed by atoms with van der Waals surface area (Å²) in [5.74, 6) is 0.747. The molecule has 1 aromatic rings. The Kier molecular flexibility index (Phi) is 3.04. The molecule has 1 heterocycles. The Balaban J connectivity index is 1.62. The van der Waals surface area contributed by atoms with Crippen molar-refractivity contribution in [2.75, 3.05) is 31.2 Å². The van der Waals surface area contributed by atoms with Crippen molar-refractivity contribution >= 4 is 11.4 Å². The number of likely N-dealkylation sites (tertiary alicyclic amines) is 1. The van der Waals surface area contributed by atoms with E-state index in [2.05, 4.69) is 10.2 Å². The van der Waals surface area contributed by atoms with Gasteiger partial charge in [-0.25, -0.2) is 0 Å². The first-order chi connectivity index (χ1) is 8.76. The van der Waals surface area contributed by atoms with Gasteiger partial charge < -0.3 is 15.8 Å². The highest BCUT2D eigenvalue weighted by atomic mass is 16.5. The molecule has 4 heteroatoms. The fraction of sp³-hybridized carbons (Fsp3) is 0.571. The quantitative estimate of drug-likeness (QED) is 0.798. The molecule has 98 valence electrons. The molecular weight excluding hydrogens is 226 g/mol. The minimum Gasteiger partial charge on any atom is -0.495 e. The van der Waals surface area contributed by atoms with Gasteiger partial charge in [0.15, 0.2) is 0 Å². The van der Waals surface area contributed by atoms with Crippen molar-refractivity contribution in [3.63, 3.8) is 0 Å². The third-order valence-electron chi connectivity index (χ3n) is 3.89. The average Bonchev–Trinajstić information content (AvgIpc) is 3.13. The molecule has 1 atom stereocenters. The molecule has 3 N–H and O–H groups in total. The Bertz CT molecular complexity index is 431. The number of ether oxygens (including phenoxy) is 1. The lowest BCUT2D eigenvalue weighted by Crippen LogP contribution is -2.27. The van der Waals surface area contributed by atoms with E-state index in [1.807, 2.05) is 18.2 Å². The molecule has 1 saturated carbocycles. The third-order valence-corrected chi connectivity index (χ3v) is 3.89. The lowest BCUT2D eigenvalue weighted by Gasteiger charge is -2.17. The number of anilines is 2. The van der Waals surface area contributed by atoms with Crippen LogP contribution in [0.2, 0.25) is 0 Å². The number of nitrogens with zero attached hydrogens (tertiary/aromatic N) is 1. The first-order valence-corrected chi connectivity index (χ1v) is 6.70. The lowest BCUT2D eigenvalue weighted by atomic mass is 10.2. The summed E-state index contributed by atoms with van der Waals surface area (Å²) in [5.41, 5.74) is 7.61. The van der Waals surface area contributed by atoms with E-state index in [0.29, 0.717) is 11.7 Å². The Morgan fingerprint density at radius 3 is 2.89 bits per heavy atom. The van der Waals surface area contributed by atoms with Gasteiger partial charge >= 0.3 is 0 Å². The smallest absolute Gasteiger partial charge is 0.143 e. The lowest BCUT2D eigenvalue weighted by molar-refractivity contribution is 0.326. The van der Waals surface area contributed by atoms with Crippen molar-refractivity contribution in [3.05, 3.63) is 18.2 Å². The zero-order valence-corrected chi connectivity index (χ0v) is 10.9. The number of methoxy groups -OCH3 is 1. The number of hydrogen-bond acceptors (Lipinski definition) is 4. The summed E-state index contributed by atoms with van der Waals surface area (Å²) in [6.45, 7) is 2.39. The maximum Gasteiger partial charge on any atom is 0.143 e. The minimum atomic E-state index is 0.555. The number of rotatable bonds is 4. The summed E-state index contributed by atoms with van der Waals surface area (Å²) in [5, 5.41) is 3.58. The molecule has 18 heavy (non-hydrogen) atoms. The van der Waals surface area contributed by atoms with Crippen LogP contribution < -0.4 is 15.8 Å². The molecule has 0 aromatic heterocycles. The van der Waals surface area contributed by atoms with E-state index in [1.54, 1.807) is 7.11 Å². The summed E-state index contributed by atoms with van der Waals surface area (Å²) in [6.07, 6.45) is 4.01. The number of hydrogen-bond donors (Lipinski definition) is 2. The molecule has 4 nitrogen and oxygen atoms in total.